The van der Waals surface area contributed by atoms with Crippen LogP contribution in [-0.4, -0.2) is 25.3 Å². The molecule has 0 saturated heterocycles. The maximum atomic E-state index is 10.4. The van der Waals surface area contributed by atoms with Crippen LogP contribution in [0.3, 0.4) is 0 Å². The van der Waals surface area contributed by atoms with Crippen molar-refractivity contribution in [2.24, 2.45) is 0 Å². The van der Waals surface area contributed by atoms with Gasteiger partial charge in [-0.3, -0.25) is 4.40 Å². The maximum Gasteiger partial charge on any atom is 0.175 e. The highest BCUT2D eigenvalue weighted by molar-refractivity contribution is 9.10. The minimum absolute atomic E-state index is 0.0367. The normalized spacial score (nSPS) is 34.6. The molecule has 0 atom stereocenters. The fraction of sp³-hybridized carbons (Fsp3) is 0.538. The number of fused-ring (bicyclic) bond motifs is 3. The predicted octanol–water partition coefficient (Wildman–Crippen LogP) is 2.44. The second kappa shape index (κ2) is 3.33. The van der Waals surface area contributed by atoms with Crippen LogP contribution < -0.4 is 0 Å². The van der Waals surface area contributed by atoms with E-state index >= 15 is 0 Å². The van der Waals surface area contributed by atoms with Gasteiger partial charge in [-0.1, -0.05) is 0 Å². The van der Waals surface area contributed by atoms with Gasteiger partial charge in [-0.2, -0.15) is 0 Å². The van der Waals surface area contributed by atoms with Crippen LogP contribution in [0, 0.1) is 0 Å². The van der Waals surface area contributed by atoms with Crippen LogP contribution in [0.25, 0.3) is 5.65 Å². The lowest BCUT2D eigenvalue weighted by Gasteiger charge is -2.24. The molecular weight excluding hydrogens is 294 g/mol. The van der Waals surface area contributed by atoms with E-state index in [0.717, 1.165) is 48.0 Å². The van der Waals surface area contributed by atoms with Crippen molar-refractivity contribution in [1.29, 1.82) is 0 Å². The minimum Gasteiger partial charge on any atom is -0.390 e. The molecule has 5 heteroatoms. The molecule has 2 aliphatic carbocycles. The summed E-state index contributed by atoms with van der Waals surface area (Å²) in [6.45, 7) is 0. The average Bonchev–Trinajstić information content (AvgIpc) is 2.99. The van der Waals surface area contributed by atoms with Gasteiger partial charge in [0.25, 0.3) is 0 Å². The fourth-order valence-electron chi connectivity index (χ4n) is 3.73. The number of aromatic nitrogens is 3. The first-order valence-electron chi connectivity index (χ1n) is 6.34. The van der Waals surface area contributed by atoms with Gasteiger partial charge in [0, 0.05) is 11.6 Å². The average molecular weight is 308 g/mol. The number of hydrogen-bond acceptors (Lipinski definition) is 3. The highest BCUT2D eigenvalue weighted by atomic mass is 79.9. The zero-order chi connectivity index (χ0) is 12.4. The van der Waals surface area contributed by atoms with Crippen molar-refractivity contribution in [3.05, 3.63) is 28.6 Å². The van der Waals surface area contributed by atoms with E-state index in [2.05, 4.69) is 30.5 Å². The Morgan fingerprint density at radius 2 is 2.00 bits per heavy atom. The van der Waals surface area contributed by atoms with E-state index < -0.39 is 5.60 Å². The Labute approximate surface area is 113 Å². The number of rotatable bonds is 1. The molecule has 1 N–H and O–H groups in total. The van der Waals surface area contributed by atoms with Crippen LogP contribution in [0.2, 0.25) is 0 Å². The molecule has 18 heavy (non-hydrogen) atoms. The number of hydrogen-bond donors (Lipinski definition) is 1. The zero-order valence-electron chi connectivity index (χ0n) is 9.93. The summed E-state index contributed by atoms with van der Waals surface area (Å²) < 4.78 is 3.03. The summed E-state index contributed by atoms with van der Waals surface area (Å²) in [5, 5.41) is 19.1. The monoisotopic (exact) mass is 307 g/mol. The number of nitrogens with zero attached hydrogens (tertiary/aromatic N) is 3. The summed E-state index contributed by atoms with van der Waals surface area (Å²) in [5.74, 6) is 1.02. The minimum atomic E-state index is -0.447. The molecule has 0 radical (unpaired) electrons. The first-order valence-corrected chi connectivity index (χ1v) is 7.13. The molecule has 2 aromatic rings. The molecule has 0 aromatic carbocycles. The highest BCUT2D eigenvalue weighted by Crippen LogP contribution is 2.56. The molecule has 2 bridgehead atoms. The van der Waals surface area contributed by atoms with Crippen molar-refractivity contribution in [1.82, 2.24) is 14.6 Å². The molecule has 2 aromatic heterocycles. The van der Waals surface area contributed by atoms with Crippen molar-refractivity contribution in [2.75, 3.05) is 0 Å². The lowest BCUT2D eigenvalue weighted by atomic mass is 9.83. The van der Waals surface area contributed by atoms with Gasteiger partial charge in [-0.15, -0.1) is 10.2 Å². The van der Waals surface area contributed by atoms with Crippen LogP contribution in [0.1, 0.15) is 37.9 Å². The summed E-state index contributed by atoms with van der Waals surface area (Å²) >= 11 is 3.51. The van der Waals surface area contributed by atoms with Gasteiger partial charge in [0.1, 0.15) is 5.82 Å². The summed E-state index contributed by atoms with van der Waals surface area (Å²) in [6, 6.07) is 3.97. The zero-order valence-corrected chi connectivity index (χ0v) is 11.5. The van der Waals surface area contributed by atoms with Crippen LogP contribution in [0.5, 0.6) is 0 Å². The SMILES string of the molecule is OC12CCC(c3nnc4c(Br)cccn34)(CC1)C2. The third-order valence-electron chi connectivity index (χ3n) is 4.67. The summed E-state index contributed by atoms with van der Waals surface area (Å²) in [4.78, 5) is 0. The molecule has 0 aliphatic heterocycles. The molecule has 0 amide bonds. The quantitative estimate of drug-likeness (QED) is 0.880. The Balaban J connectivity index is 1.92. The molecule has 4 nitrogen and oxygen atoms in total. The maximum absolute atomic E-state index is 10.4. The second-order valence-electron chi connectivity index (χ2n) is 5.75. The van der Waals surface area contributed by atoms with E-state index in [0.29, 0.717) is 0 Å². The first kappa shape index (κ1) is 10.9. The van der Waals surface area contributed by atoms with Gasteiger partial charge in [0.2, 0.25) is 0 Å². The van der Waals surface area contributed by atoms with E-state index in [-0.39, 0.29) is 5.41 Å². The lowest BCUT2D eigenvalue weighted by Crippen LogP contribution is -2.23. The number of pyridine rings is 1. The summed E-state index contributed by atoms with van der Waals surface area (Å²) in [5.41, 5.74) is 0.455. The van der Waals surface area contributed by atoms with Gasteiger partial charge in [0.05, 0.1) is 10.1 Å². The van der Waals surface area contributed by atoms with Gasteiger partial charge in [-0.05, 0) is 60.2 Å². The Bertz CT molecular complexity index is 628. The molecule has 2 heterocycles. The number of aliphatic hydroxyl groups is 1. The third kappa shape index (κ3) is 1.29. The van der Waals surface area contributed by atoms with E-state index in [4.69, 9.17) is 0 Å². The molecule has 0 unspecified atom stereocenters. The summed E-state index contributed by atoms with van der Waals surface area (Å²) in [7, 11) is 0. The lowest BCUT2D eigenvalue weighted by molar-refractivity contribution is 0.0521. The van der Waals surface area contributed by atoms with Crippen LogP contribution >= 0.6 is 15.9 Å². The Kier molecular flexibility index (Phi) is 2.02. The first-order chi connectivity index (χ1) is 8.62. The van der Waals surface area contributed by atoms with E-state index in [1.807, 2.05) is 18.3 Å². The van der Waals surface area contributed by atoms with Crippen LogP contribution in [0.15, 0.2) is 22.8 Å². The Morgan fingerprint density at radius 1 is 1.22 bits per heavy atom. The molecule has 94 valence electrons. The largest absolute Gasteiger partial charge is 0.390 e. The van der Waals surface area contributed by atoms with Gasteiger partial charge in [0.15, 0.2) is 5.65 Å². The van der Waals surface area contributed by atoms with Crippen molar-refractivity contribution in [3.63, 3.8) is 0 Å². The van der Waals surface area contributed by atoms with E-state index in [1.165, 1.54) is 0 Å². The molecular formula is C13H14BrN3O. The molecule has 0 spiro atoms. The standard InChI is InChI=1S/C13H14BrN3O/c14-9-2-1-7-17-10(9)15-16-11(17)12-3-5-13(18,8-12)6-4-12/h1-2,7,18H,3-6,8H2. The number of halogens is 1. The van der Waals surface area contributed by atoms with Crippen molar-refractivity contribution >= 4 is 21.6 Å². The van der Waals surface area contributed by atoms with Gasteiger partial charge < -0.3 is 5.11 Å². The van der Waals surface area contributed by atoms with E-state index in [9.17, 15) is 5.11 Å². The predicted molar refractivity (Wildman–Crippen MR) is 70.4 cm³/mol. The van der Waals surface area contributed by atoms with Gasteiger partial charge >= 0.3 is 0 Å². The van der Waals surface area contributed by atoms with E-state index in [1.54, 1.807) is 0 Å². The van der Waals surface area contributed by atoms with Crippen molar-refractivity contribution in [2.45, 2.75) is 43.1 Å². The highest BCUT2D eigenvalue weighted by Gasteiger charge is 2.56. The van der Waals surface area contributed by atoms with Crippen LogP contribution in [-0.2, 0) is 5.41 Å². The van der Waals surface area contributed by atoms with Crippen LogP contribution in [0.4, 0.5) is 0 Å². The second-order valence-corrected chi connectivity index (χ2v) is 6.61. The summed E-state index contributed by atoms with van der Waals surface area (Å²) in [6.07, 6.45) is 6.70. The third-order valence-corrected chi connectivity index (χ3v) is 5.29. The Morgan fingerprint density at radius 3 is 2.67 bits per heavy atom. The van der Waals surface area contributed by atoms with Gasteiger partial charge in [-0.25, -0.2) is 0 Å². The molecule has 2 saturated carbocycles. The topological polar surface area (TPSA) is 50.4 Å². The Hall–Kier alpha value is -0.940. The molecule has 2 aliphatic rings. The molecule has 4 rings (SSSR count). The van der Waals surface area contributed by atoms with Crippen molar-refractivity contribution < 1.29 is 5.11 Å². The molecule has 2 fully saturated rings. The van der Waals surface area contributed by atoms with Crippen molar-refractivity contribution in [3.8, 4) is 0 Å². The fourth-order valence-corrected chi connectivity index (χ4v) is 4.15. The smallest absolute Gasteiger partial charge is 0.175 e.